The number of nitrogens with one attached hydrogen (secondary N) is 1. The molecular formula is C12H10BrF2N3O. The standard InChI is InChI=1S/C12H10BrF2N3O/c1-7(18-6-8(13)5-16-18)12(19)17-9-2-3-10(14)11(15)4-9/h2-7H,1H3,(H,17,19)/t7-/m0/s1. The van der Waals surface area contributed by atoms with Crippen LogP contribution in [0.4, 0.5) is 14.5 Å². The zero-order valence-corrected chi connectivity index (χ0v) is 11.5. The number of rotatable bonds is 3. The van der Waals surface area contributed by atoms with E-state index in [1.165, 1.54) is 10.7 Å². The Labute approximate surface area is 116 Å². The van der Waals surface area contributed by atoms with Gasteiger partial charge in [0.25, 0.3) is 0 Å². The molecule has 0 aliphatic heterocycles. The van der Waals surface area contributed by atoms with Gasteiger partial charge in [0.2, 0.25) is 5.91 Å². The van der Waals surface area contributed by atoms with Crippen LogP contribution in [0.2, 0.25) is 0 Å². The van der Waals surface area contributed by atoms with Gasteiger partial charge >= 0.3 is 0 Å². The van der Waals surface area contributed by atoms with Crippen LogP contribution in [0, 0.1) is 11.6 Å². The zero-order chi connectivity index (χ0) is 14.0. The van der Waals surface area contributed by atoms with Crippen LogP contribution in [-0.4, -0.2) is 15.7 Å². The van der Waals surface area contributed by atoms with Crippen LogP contribution in [0.15, 0.2) is 35.1 Å². The SMILES string of the molecule is C[C@@H](C(=O)Nc1ccc(F)c(F)c1)n1cc(Br)cn1. The molecule has 100 valence electrons. The summed E-state index contributed by atoms with van der Waals surface area (Å²) in [4.78, 5) is 11.9. The van der Waals surface area contributed by atoms with Crippen molar-refractivity contribution < 1.29 is 13.6 Å². The van der Waals surface area contributed by atoms with Crippen molar-refractivity contribution in [3.05, 3.63) is 46.7 Å². The molecular weight excluding hydrogens is 320 g/mol. The summed E-state index contributed by atoms with van der Waals surface area (Å²) in [6, 6.07) is 2.61. The second-order valence-corrected chi connectivity index (χ2v) is 4.85. The van der Waals surface area contributed by atoms with E-state index in [9.17, 15) is 13.6 Å². The molecule has 1 N–H and O–H groups in total. The van der Waals surface area contributed by atoms with Gasteiger partial charge in [-0.05, 0) is 35.0 Å². The van der Waals surface area contributed by atoms with E-state index in [1.54, 1.807) is 19.3 Å². The number of aromatic nitrogens is 2. The average Bonchev–Trinajstić information content (AvgIpc) is 2.79. The Bertz CT molecular complexity index is 615. The van der Waals surface area contributed by atoms with Crippen molar-refractivity contribution in [3.63, 3.8) is 0 Å². The molecule has 1 amide bonds. The molecule has 2 rings (SSSR count). The molecule has 7 heteroatoms. The summed E-state index contributed by atoms with van der Waals surface area (Å²) >= 11 is 3.23. The number of carbonyl (C=O) groups is 1. The van der Waals surface area contributed by atoms with Gasteiger partial charge in [-0.25, -0.2) is 8.78 Å². The Morgan fingerprint density at radius 2 is 2.16 bits per heavy atom. The molecule has 1 aromatic carbocycles. The molecule has 2 aromatic rings. The van der Waals surface area contributed by atoms with Crippen molar-refractivity contribution in [1.29, 1.82) is 0 Å². The molecule has 0 unspecified atom stereocenters. The summed E-state index contributed by atoms with van der Waals surface area (Å²) in [6.45, 7) is 1.65. The quantitative estimate of drug-likeness (QED) is 0.940. The van der Waals surface area contributed by atoms with Gasteiger partial charge in [0.05, 0.1) is 10.7 Å². The molecule has 0 bridgehead atoms. The van der Waals surface area contributed by atoms with Crippen molar-refractivity contribution in [1.82, 2.24) is 9.78 Å². The van der Waals surface area contributed by atoms with E-state index >= 15 is 0 Å². The lowest BCUT2D eigenvalue weighted by molar-refractivity contribution is -0.119. The second-order valence-electron chi connectivity index (χ2n) is 3.93. The third-order valence-corrected chi connectivity index (χ3v) is 2.94. The van der Waals surface area contributed by atoms with Gasteiger partial charge in [-0.15, -0.1) is 0 Å². The maximum atomic E-state index is 13.0. The van der Waals surface area contributed by atoms with Crippen molar-refractivity contribution >= 4 is 27.5 Å². The number of benzene rings is 1. The highest BCUT2D eigenvalue weighted by atomic mass is 79.9. The molecule has 19 heavy (non-hydrogen) atoms. The van der Waals surface area contributed by atoms with Gasteiger partial charge in [-0.1, -0.05) is 0 Å². The topological polar surface area (TPSA) is 46.9 Å². The molecule has 1 heterocycles. The van der Waals surface area contributed by atoms with E-state index in [2.05, 4.69) is 26.3 Å². The number of nitrogens with zero attached hydrogens (tertiary/aromatic N) is 2. The lowest BCUT2D eigenvalue weighted by Crippen LogP contribution is -2.24. The van der Waals surface area contributed by atoms with Crippen molar-refractivity contribution in [2.45, 2.75) is 13.0 Å². The number of hydrogen-bond acceptors (Lipinski definition) is 2. The van der Waals surface area contributed by atoms with Crippen LogP contribution in [0.25, 0.3) is 0 Å². The molecule has 0 aliphatic rings. The number of amides is 1. The monoisotopic (exact) mass is 329 g/mol. The normalized spacial score (nSPS) is 12.2. The van der Waals surface area contributed by atoms with Gasteiger partial charge < -0.3 is 5.32 Å². The molecule has 0 spiro atoms. The van der Waals surface area contributed by atoms with E-state index in [1.807, 2.05) is 0 Å². The smallest absolute Gasteiger partial charge is 0.248 e. The second kappa shape index (κ2) is 5.48. The lowest BCUT2D eigenvalue weighted by atomic mass is 10.2. The molecule has 1 aromatic heterocycles. The summed E-state index contributed by atoms with van der Waals surface area (Å²) in [5.74, 6) is -2.34. The van der Waals surface area contributed by atoms with Crippen molar-refractivity contribution in [2.75, 3.05) is 5.32 Å². The van der Waals surface area contributed by atoms with Crippen LogP contribution >= 0.6 is 15.9 Å². The van der Waals surface area contributed by atoms with E-state index in [0.29, 0.717) is 0 Å². The minimum atomic E-state index is -1.01. The molecule has 0 saturated carbocycles. The maximum Gasteiger partial charge on any atom is 0.248 e. The fourth-order valence-corrected chi connectivity index (χ4v) is 1.77. The van der Waals surface area contributed by atoms with Gasteiger partial charge in [0.1, 0.15) is 6.04 Å². The summed E-state index contributed by atoms with van der Waals surface area (Å²) in [5.41, 5.74) is 0.196. The van der Waals surface area contributed by atoms with E-state index in [0.717, 1.165) is 16.6 Å². The van der Waals surface area contributed by atoms with Crippen LogP contribution in [-0.2, 0) is 4.79 Å². The van der Waals surface area contributed by atoms with Gasteiger partial charge in [-0.3, -0.25) is 9.48 Å². The fourth-order valence-electron chi connectivity index (χ4n) is 1.47. The van der Waals surface area contributed by atoms with Crippen molar-refractivity contribution in [2.24, 2.45) is 0 Å². The lowest BCUT2D eigenvalue weighted by Gasteiger charge is -2.12. The Balaban J connectivity index is 2.10. The summed E-state index contributed by atoms with van der Waals surface area (Å²) < 4.78 is 28.0. The summed E-state index contributed by atoms with van der Waals surface area (Å²) in [7, 11) is 0. The largest absolute Gasteiger partial charge is 0.324 e. The van der Waals surface area contributed by atoms with Crippen LogP contribution in [0.1, 0.15) is 13.0 Å². The van der Waals surface area contributed by atoms with E-state index in [-0.39, 0.29) is 11.6 Å². The van der Waals surface area contributed by atoms with Gasteiger partial charge in [0, 0.05) is 18.0 Å². The zero-order valence-electron chi connectivity index (χ0n) is 9.90. The Morgan fingerprint density at radius 1 is 1.42 bits per heavy atom. The first-order valence-electron chi connectivity index (χ1n) is 5.43. The minimum absolute atomic E-state index is 0.196. The molecule has 1 atom stereocenters. The average molecular weight is 330 g/mol. The molecule has 4 nitrogen and oxygen atoms in total. The first-order valence-corrected chi connectivity index (χ1v) is 6.22. The highest BCUT2D eigenvalue weighted by Crippen LogP contribution is 2.16. The molecule has 0 radical (unpaired) electrons. The maximum absolute atomic E-state index is 13.0. The number of carbonyl (C=O) groups excluding carboxylic acids is 1. The van der Waals surface area contributed by atoms with Crippen LogP contribution in [0.5, 0.6) is 0 Å². The number of hydrogen-bond donors (Lipinski definition) is 1. The van der Waals surface area contributed by atoms with Crippen molar-refractivity contribution in [3.8, 4) is 0 Å². The Hall–Kier alpha value is -1.76. The van der Waals surface area contributed by atoms with Gasteiger partial charge in [-0.2, -0.15) is 5.10 Å². The first kappa shape index (κ1) is 13.7. The highest BCUT2D eigenvalue weighted by molar-refractivity contribution is 9.10. The molecule has 0 saturated heterocycles. The Kier molecular flexibility index (Phi) is 3.94. The minimum Gasteiger partial charge on any atom is -0.324 e. The highest BCUT2D eigenvalue weighted by Gasteiger charge is 2.16. The van der Waals surface area contributed by atoms with Crippen LogP contribution in [0.3, 0.4) is 0 Å². The molecule has 0 fully saturated rings. The first-order chi connectivity index (χ1) is 8.97. The number of anilines is 1. The van der Waals surface area contributed by atoms with E-state index < -0.39 is 17.7 Å². The third-order valence-electron chi connectivity index (χ3n) is 2.53. The fraction of sp³-hybridized carbons (Fsp3) is 0.167. The predicted octanol–water partition coefficient (Wildman–Crippen LogP) is 3.12. The third kappa shape index (κ3) is 3.17. The Morgan fingerprint density at radius 3 is 2.74 bits per heavy atom. The summed E-state index contributed by atoms with van der Waals surface area (Å²) in [6.07, 6.45) is 3.21. The van der Waals surface area contributed by atoms with E-state index in [4.69, 9.17) is 0 Å². The van der Waals surface area contributed by atoms with Crippen LogP contribution < -0.4 is 5.32 Å². The van der Waals surface area contributed by atoms with Gasteiger partial charge in [0.15, 0.2) is 11.6 Å². The molecule has 0 aliphatic carbocycles. The predicted molar refractivity (Wildman–Crippen MR) is 69.6 cm³/mol. The number of halogens is 3. The summed E-state index contributed by atoms with van der Waals surface area (Å²) in [5, 5.41) is 6.48.